The van der Waals surface area contributed by atoms with Crippen molar-refractivity contribution in [2.75, 3.05) is 0 Å². The van der Waals surface area contributed by atoms with Gasteiger partial charge >= 0.3 is 0 Å². The van der Waals surface area contributed by atoms with E-state index in [1.807, 2.05) is 0 Å². The first-order valence-corrected chi connectivity index (χ1v) is 8.82. The molecule has 108 valence electrons. The molecule has 1 atom stereocenters. The number of benzene rings is 1. The van der Waals surface area contributed by atoms with Crippen LogP contribution in [0.15, 0.2) is 40.2 Å². The van der Waals surface area contributed by atoms with Crippen molar-refractivity contribution in [3.05, 3.63) is 56.2 Å². The minimum absolute atomic E-state index is 0.404. The van der Waals surface area contributed by atoms with Crippen LogP contribution in [0.1, 0.15) is 42.8 Å². The third-order valence-corrected chi connectivity index (χ3v) is 5.23. The maximum Gasteiger partial charge on any atom is 0.0346 e. The molecular formula is C17H22BrNS. The fourth-order valence-corrected chi connectivity index (χ4v) is 3.76. The topological polar surface area (TPSA) is 12.0 Å². The molecule has 0 aliphatic rings. The van der Waals surface area contributed by atoms with Gasteiger partial charge in [-0.25, -0.2) is 0 Å². The predicted molar refractivity (Wildman–Crippen MR) is 92.3 cm³/mol. The van der Waals surface area contributed by atoms with E-state index in [2.05, 4.69) is 77.7 Å². The molecular weight excluding hydrogens is 330 g/mol. The third-order valence-electron chi connectivity index (χ3n) is 3.53. The Balaban J connectivity index is 2.06. The monoisotopic (exact) mass is 351 g/mol. The number of nitrogens with one attached hydrogen (secondary N) is 1. The maximum absolute atomic E-state index is 3.69. The molecule has 2 aromatic rings. The fourth-order valence-electron chi connectivity index (χ4n) is 2.36. The van der Waals surface area contributed by atoms with Crippen LogP contribution in [0.4, 0.5) is 0 Å². The molecule has 0 aliphatic carbocycles. The average Bonchev–Trinajstić information content (AvgIpc) is 2.85. The van der Waals surface area contributed by atoms with Crippen LogP contribution in [-0.4, -0.2) is 0 Å². The summed E-state index contributed by atoms with van der Waals surface area (Å²) in [5.74, 6) is 0.575. The van der Waals surface area contributed by atoms with Gasteiger partial charge in [-0.3, -0.25) is 0 Å². The van der Waals surface area contributed by atoms with E-state index in [9.17, 15) is 0 Å². The third kappa shape index (κ3) is 4.18. The molecule has 20 heavy (non-hydrogen) atoms. The van der Waals surface area contributed by atoms with Gasteiger partial charge in [0.1, 0.15) is 0 Å². The summed E-state index contributed by atoms with van der Waals surface area (Å²) in [5, 5.41) is 5.83. The zero-order valence-corrected chi connectivity index (χ0v) is 14.7. The van der Waals surface area contributed by atoms with Gasteiger partial charge in [0, 0.05) is 27.3 Å². The number of aryl methyl sites for hydroxylation is 1. The fraction of sp³-hybridized carbons (Fsp3) is 0.412. The van der Waals surface area contributed by atoms with Gasteiger partial charge in [-0.2, -0.15) is 0 Å². The summed E-state index contributed by atoms with van der Waals surface area (Å²) in [6, 6.07) is 11.6. The van der Waals surface area contributed by atoms with Gasteiger partial charge in [0.05, 0.1) is 0 Å². The highest BCUT2D eigenvalue weighted by Gasteiger charge is 2.15. The summed E-state index contributed by atoms with van der Waals surface area (Å²) in [6.45, 7) is 7.67. The highest BCUT2D eigenvalue weighted by Crippen LogP contribution is 2.25. The standard InChI is InChI=1S/C17H22BrNS/c1-4-13-5-7-14(8-6-13)17(12(2)3)19-10-16-9-15(18)11-20-16/h5-9,11-12,17,19H,4,10H2,1-3H3. The van der Waals surface area contributed by atoms with E-state index in [1.165, 1.54) is 20.5 Å². The van der Waals surface area contributed by atoms with Gasteiger partial charge in [-0.15, -0.1) is 11.3 Å². The number of rotatable bonds is 6. The van der Waals surface area contributed by atoms with Crippen LogP contribution >= 0.6 is 27.3 Å². The van der Waals surface area contributed by atoms with Crippen LogP contribution in [0.3, 0.4) is 0 Å². The lowest BCUT2D eigenvalue weighted by atomic mass is 9.95. The lowest BCUT2D eigenvalue weighted by Crippen LogP contribution is -2.25. The van der Waals surface area contributed by atoms with Crippen molar-refractivity contribution in [2.45, 2.75) is 39.8 Å². The van der Waals surface area contributed by atoms with Crippen LogP contribution in [0.2, 0.25) is 0 Å². The molecule has 1 heterocycles. The van der Waals surface area contributed by atoms with Gasteiger partial charge in [-0.1, -0.05) is 45.0 Å². The lowest BCUT2D eigenvalue weighted by Gasteiger charge is -2.23. The van der Waals surface area contributed by atoms with Crippen LogP contribution in [-0.2, 0) is 13.0 Å². The normalized spacial score (nSPS) is 12.8. The Kier molecular flexibility index (Phi) is 5.82. The molecule has 1 unspecified atom stereocenters. The quantitative estimate of drug-likeness (QED) is 0.718. The zero-order chi connectivity index (χ0) is 14.5. The largest absolute Gasteiger partial charge is 0.305 e. The van der Waals surface area contributed by atoms with Crippen LogP contribution in [0.5, 0.6) is 0 Å². The molecule has 0 bridgehead atoms. The Labute approximate surface area is 134 Å². The summed E-state index contributed by atoms with van der Waals surface area (Å²) >= 11 is 5.31. The average molecular weight is 352 g/mol. The molecule has 1 nitrogen and oxygen atoms in total. The van der Waals surface area contributed by atoms with Gasteiger partial charge in [0.15, 0.2) is 0 Å². The second-order valence-corrected chi connectivity index (χ2v) is 7.34. The molecule has 0 saturated heterocycles. The van der Waals surface area contributed by atoms with Crippen molar-refractivity contribution in [3.8, 4) is 0 Å². The van der Waals surface area contributed by atoms with Crippen molar-refractivity contribution >= 4 is 27.3 Å². The summed E-state index contributed by atoms with van der Waals surface area (Å²) in [4.78, 5) is 1.37. The second-order valence-electron chi connectivity index (χ2n) is 5.43. The summed E-state index contributed by atoms with van der Waals surface area (Å²) < 4.78 is 1.17. The molecule has 1 aromatic carbocycles. The number of thiophene rings is 1. The zero-order valence-electron chi connectivity index (χ0n) is 12.3. The van der Waals surface area contributed by atoms with Gasteiger partial charge in [0.2, 0.25) is 0 Å². The first-order chi connectivity index (χ1) is 9.60. The molecule has 1 N–H and O–H groups in total. The van der Waals surface area contributed by atoms with Crippen molar-refractivity contribution in [1.82, 2.24) is 5.32 Å². The van der Waals surface area contributed by atoms with Crippen molar-refractivity contribution in [3.63, 3.8) is 0 Å². The van der Waals surface area contributed by atoms with E-state index in [0.717, 1.165) is 13.0 Å². The Hall–Kier alpha value is -0.640. The summed E-state index contributed by atoms with van der Waals surface area (Å²) in [5.41, 5.74) is 2.78. The van der Waals surface area contributed by atoms with E-state index in [-0.39, 0.29) is 0 Å². The van der Waals surface area contributed by atoms with Crippen molar-refractivity contribution in [1.29, 1.82) is 0 Å². The molecule has 0 amide bonds. The smallest absolute Gasteiger partial charge is 0.0346 e. The van der Waals surface area contributed by atoms with Gasteiger partial charge in [0.25, 0.3) is 0 Å². The Morgan fingerprint density at radius 2 is 1.90 bits per heavy atom. The van der Waals surface area contributed by atoms with E-state index in [0.29, 0.717) is 12.0 Å². The highest BCUT2D eigenvalue weighted by atomic mass is 79.9. The van der Waals surface area contributed by atoms with Gasteiger partial charge < -0.3 is 5.32 Å². The molecule has 0 saturated carbocycles. The Morgan fingerprint density at radius 1 is 1.20 bits per heavy atom. The Bertz CT molecular complexity index is 530. The second kappa shape index (κ2) is 7.39. The van der Waals surface area contributed by atoms with Crippen LogP contribution in [0, 0.1) is 5.92 Å². The molecule has 1 aromatic heterocycles. The molecule has 0 fully saturated rings. The van der Waals surface area contributed by atoms with E-state index >= 15 is 0 Å². The van der Waals surface area contributed by atoms with Crippen molar-refractivity contribution < 1.29 is 0 Å². The molecule has 0 radical (unpaired) electrons. The highest BCUT2D eigenvalue weighted by molar-refractivity contribution is 9.10. The SMILES string of the molecule is CCc1ccc(C(NCc2cc(Br)cs2)C(C)C)cc1. The Morgan fingerprint density at radius 3 is 2.40 bits per heavy atom. The summed E-state index contributed by atoms with van der Waals surface area (Å²) in [7, 11) is 0. The first-order valence-electron chi connectivity index (χ1n) is 7.15. The molecule has 0 aliphatic heterocycles. The lowest BCUT2D eigenvalue weighted by molar-refractivity contribution is 0.412. The van der Waals surface area contributed by atoms with Crippen LogP contribution in [0.25, 0.3) is 0 Å². The van der Waals surface area contributed by atoms with Crippen LogP contribution < -0.4 is 5.32 Å². The number of hydrogen-bond donors (Lipinski definition) is 1. The van der Waals surface area contributed by atoms with Crippen molar-refractivity contribution in [2.24, 2.45) is 5.92 Å². The molecule has 2 rings (SSSR count). The molecule has 3 heteroatoms. The predicted octanol–water partition coefficient (Wildman–Crippen LogP) is 5.56. The van der Waals surface area contributed by atoms with E-state index < -0.39 is 0 Å². The van der Waals surface area contributed by atoms with E-state index in [4.69, 9.17) is 0 Å². The number of halogens is 1. The minimum atomic E-state index is 0.404. The number of hydrogen-bond acceptors (Lipinski definition) is 2. The van der Waals surface area contributed by atoms with Gasteiger partial charge in [-0.05, 0) is 45.5 Å². The minimum Gasteiger partial charge on any atom is -0.305 e. The molecule has 0 spiro atoms. The summed E-state index contributed by atoms with van der Waals surface area (Å²) in [6.07, 6.45) is 1.10. The first kappa shape index (κ1) is 15.7. The van der Waals surface area contributed by atoms with E-state index in [1.54, 1.807) is 11.3 Å². The maximum atomic E-state index is 3.69.